The molecule has 0 heterocycles. The van der Waals surface area contributed by atoms with Crippen molar-refractivity contribution in [2.24, 2.45) is 16.8 Å². The molecule has 3 heteroatoms. The van der Waals surface area contributed by atoms with Gasteiger partial charge in [0.05, 0.1) is 0 Å². The molecular formula is C11H16N2O. The smallest absolute Gasteiger partial charge is 0.142 e. The van der Waals surface area contributed by atoms with Gasteiger partial charge < -0.3 is 10.9 Å². The highest BCUT2D eigenvalue weighted by Gasteiger charge is 2.07. The van der Waals surface area contributed by atoms with Crippen LogP contribution >= 0.6 is 0 Å². The summed E-state index contributed by atoms with van der Waals surface area (Å²) in [6.45, 7) is 3.99. The summed E-state index contributed by atoms with van der Waals surface area (Å²) in [5.41, 5.74) is 7.94. The third-order valence-corrected chi connectivity index (χ3v) is 2.28. The molecule has 0 amide bonds. The quantitative estimate of drug-likeness (QED) is 0.332. The zero-order valence-corrected chi connectivity index (χ0v) is 8.57. The maximum atomic E-state index is 8.49. The van der Waals surface area contributed by atoms with Crippen molar-refractivity contribution in [1.29, 1.82) is 0 Å². The number of oxime groups is 1. The van der Waals surface area contributed by atoms with Gasteiger partial charge in [-0.2, -0.15) is 0 Å². The van der Waals surface area contributed by atoms with Gasteiger partial charge in [0.2, 0.25) is 0 Å². The van der Waals surface area contributed by atoms with Gasteiger partial charge in [0.25, 0.3) is 0 Å². The van der Waals surface area contributed by atoms with Crippen molar-refractivity contribution >= 4 is 5.84 Å². The number of nitrogens with two attached hydrogens (primary N) is 1. The fraction of sp³-hybridized carbons (Fsp3) is 0.364. The van der Waals surface area contributed by atoms with E-state index in [4.69, 9.17) is 10.9 Å². The molecule has 0 aromatic heterocycles. The zero-order valence-electron chi connectivity index (χ0n) is 8.57. The Kier molecular flexibility index (Phi) is 3.51. The Hall–Kier alpha value is -1.51. The SMILES string of the molecule is Cc1ccc(C[C@H](C)/C(N)=N/O)cc1. The predicted octanol–water partition coefficient (Wildman–Crippen LogP) is 1.92. The first kappa shape index (κ1) is 10.6. The first-order valence-corrected chi connectivity index (χ1v) is 4.66. The molecule has 0 bridgehead atoms. The molecule has 0 aliphatic heterocycles. The van der Waals surface area contributed by atoms with Gasteiger partial charge in [0, 0.05) is 5.92 Å². The highest BCUT2D eigenvalue weighted by Crippen LogP contribution is 2.09. The summed E-state index contributed by atoms with van der Waals surface area (Å²) < 4.78 is 0. The van der Waals surface area contributed by atoms with E-state index in [-0.39, 0.29) is 11.8 Å². The van der Waals surface area contributed by atoms with Crippen molar-refractivity contribution in [1.82, 2.24) is 0 Å². The number of aryl methyl sites for hydroxylation is 1. The number of hydrogen-bond acceptors (Lipinski definition) is 2. The zero-order chi connectivity index (χ0) is 10.6. The van der Waals surface area contributed by atoms with Crippen LogP contribution in [-0.4, -0.2) is 11.0 Å². The van der Waals surface area contributed by atoms with Crippen molar-refractivity contribution < 1.29 is 5.21 Å². The van der Waals surface area contributed by atoms with Crippen LogP contribution in [0.2, 0.25) is 0 Å². The largest absolute Gasteiger partial charge is 0.409 e. The van der Waals surface area contributed by atoms with Gasteiger partial charge >= 0.3 is 0 Å². The summed E-state index contributed by atoms with van der Waals surface area (Å²) in [4.78, 5) is 0. The Labute approximate surface area is 84.2 Å². The second-order valence-corrected chi connectivity index (χ2v) is 3.62. The molecular weight excluding hydrogens is 176 g/mol. The predicted molar refractivity (Wildman–Crippen MR) is 57.5 cm³/mol. The first-order valence-electron chi connectivity index (χ1n) is 4.66. The van der Waals surface area contributed by atoms with E-state index in [2.05, 4.69) is 36.3 Å². The van der Waals surface area contributed by atoms with Gasteiger partial charge in [-0.05, 0) is 18.9 Å². The third kappa shape index (κ3) is 2.76. The summed E-state index contributed by atoms with van der Waals surface area (Å²) >= 11 is 0. The minimum absolute atomic E-state index is 0.0720. The Balaban J connectivity index is 2.65. The normalized spacial score (nSPS) is 14.0. The molecule has 1 aromatic carbocycles. The minimum atomic E-state index is 0.0720. The van der Waals surface area contributed by atoms with Gasteiger partial charge in [-0.1, -0.05) is 41.9 Å². The monoisotopic (exact) mass is 192 g/mol. The molecule has 0 aliphatic carbocycles. The minimum Gasteiger partial charge on any atom is -0.409 e. The Morgan fingerprint density at radius 1 is 1.43 bits per heavy atom. The van der Waals surface area contributed by atoms with Crippen molar-refractivity contribution in [2.45, 2.75) is 20.3 Å². The van der Waals surface area contributed by atoms with E-state index in [0.717, 1.165) is 6.42 Å². The summed E-state index contributed by atoms with van der Waals surface area (Å²) in [5, 5.41) is 11.5. The van der Waals surface area contributed by atoms with Crippen LogP contribution in [0, 0.1) is 12.8 Å². The van der Waals surface area contributed by atoms with E-state index in [1.54, 1.807) is 0 Å². The molecule has 3 N–H and O–H groups in total. The lowest BCUT2D eigenvalue weighted by molar-refractivity contribution is 0.314. The lowest BCUT2D eigenvalue weighted by Crippen LogP contribution is -2.22. The topological polar surface area (TPSA) is 58.6 Å². The number of nitrogens with zero attached hydrogens (tertiary/aromatic N) is 1. The molecule has 1 aromatic rings. The molecule has 1 rings (SSSR count). The molecule has 76 valence electrons. The molecule has 0 saturated carbocycles. The van der Waals surface area contributed by atoms with Crippen LogP contribution in [0.4, 0.5) is 0 Å². The number of amidine groups is 1. The summed E-state index contributed by atoms with van der Waals surface area (Å²) in [6, 6.07) is 8.26. The van der Waals surface area contributed by atoms with Crippen LogP contribution in [-0.2, 0) is 6.42 Å². The van der Waals surface area contributed by atoms with E-state index >= 15 is 0 Å². The van der Waals surface area contributed by atoms with E-state index in [0.29, 0.717) is 0 Å². The van der Waals surface area contributed by atoms with Crippen LogP contribution in [0.1, 0.15) is 18.1 Å². The van der Waals surface area contributed by atoms with E-state index < -0.39 is 0 Å². The lowest BCUT2D eigenvalue weighted by atomic mass is 9.99. The van der Waals surface area contributed by atoms with E-state index in [1.807, 2.05) is 6.92 Å². The third-order valence-electron chi connectivity index (χ3n) is 2.28. The Bertz CT molecular complexity index is 317. The van der Waals surface area contributed by atoms with Crippen LogP contribution in [0.15, 0.2) is 29.4 Å². The summed E-state index contributed by atoms with van der Waals surface area (Å²) in [6.07, 6.45) is 0.802. The molecule has 0 unspecified atom stereocenters. The van der Waals surface area contributed by atoms with Gasteiger partial charge in [0.15, 0.2) is 0 Å². The van der Waals surface area contributed by atoms with Crippen molar-refractivity contribution in [3.05, 3.63) is 35.4 Å². The Morgan fingerprint density at radius 2 is 2.00 bits per heavy atom. The lowest BCUT2D eigenvalue weighted by Gasteiger charge is -2.09. The van der Waals surface area contributed by atoms with E-state index in [9.17, 15) is 0 Å². The van der Waals surface area contributed by atoms with Crippen LogP contribution in [0.5, 0.6) is 0 Å². The fourth-order valence-electron chi connectivity index (χ4n) is 1.28. The molecule has 0 radical (unpaired) electrons. The maximum Gasteiger partial charge on any atom is 0.142 e. The Morgan fingerprint density at radius 3 is 2.50 bits per heavy atom. The second kappa shape index (κ2) is 4.65. The van der Waals surface area contributed by atoms with Gasteiger partial charge in [0.1, 0.15) is 5.84 Å². The molecule has 0 aliphatic rings. The average Bonchev–Trinajstić information content (AvgIpc) is 2.20. The van der Waals surface area contributed by atoms with Crippen LogP contribution < -0.4 is 5.73 Å². The fourth-order valence-corrected chi connectivity index (χ4v) is 1.28. The molecule has 3 nitrogen and oxygen atoms in total. The molecule has 0 spiro atoms. The standard InChI is InChI=1S/C11H16N2O/c1-8-3-5-10(6-4-8)7-9(2)11(12)13-14/h3-6,9,14H,7H2,1-2H3,(H2,12,13)/t9-/m0/s1. The maximum absolute atomic E-state index is 8.49. The van der Waals surface area contributed by atoms with Gasteiger partial charge in [-0.25, -0.2) is 0 Å². The number of benzene rings is 1. The number of hydrogen-bond donors (Lipinski definition) is 2. The highest BCUT2D eigenvalue weighted by atomic mass is 16.4. The van der Waals surface area contributed by atoms with Gasteiger partial charge in [-0.15, -0.1) is 0 Å². The molecule has 0 fully saturated rings. The first-order chi connectivity index (χ1) is 6.63. The van der Waals surface area contributed by atoms with Crippen molar-refractivity contribution in [2.75, 3.05) is 0 Å². The molecule has 1 atom stereocenters. The van der Waals surface area contributed by atoms with Gasteiger partial charge in [-0.3, -0.25) is 0 Å². The highest BCUT2D eigenvalue weighted by molar-refractivity contribution is 5.82. The summed E-state index contributed by atoms with van der Waals surface area (Å²) in [7, 11) is 0. The van der Waals surface area contributed by atoms with Crippen molar-refractivity contribution in [3.8, 4) is 0 Å². The summed E-state index contributed by atoms with van der Waals surface area (Å²) in [5.74, 6) is 0.355. The van der Waals surface area contributed by atoms with Crippen LogP contribution in [0.3, 0.4) is 0 Å². The average molecular weight is 192 g/mol. The number of rotatable bonds is 3. The molecule has 0 saturated heterocycles. The van der Waals surface area contributed by atoms with E-state index in [1.165, 1.54) is 11.1 Å². The van der Waals surface area contributed by atoms with Crippen LogP contribution in [0.25, 0.3) is 0 Å². The second-order valence-electron chi connectivity index (χ2n) is 3.62. The van der Waals surface area contributed by atoms with Crippen molar-refractivity contribution in [3.63, 3.8) is 0 Å². The molecule has 14 heavy (non-hydrogen) atoms.